The van der Waals surface area contributed by atoms with Crippen LogP contribution in [0.3, 0.4) is 0 Å². The van der Waals surface area contributed by atoms with E-state index in [1.807, 2.05) is 6.92 Å². The predicted octanol–water partition coefficient (Wildman–Crippen LogP) is 2.99. The molecule has 0 saturated carbocycles. The van der Waals surface area contributed by atoms with E-state index in [2.05, 4.69) is 34.8 Å². The first-order valence-electron chi connectivity index (χ1n) is 10.2. The SMILES string of the molecule is CCCC(O)(CCC)CN=C(NCC)NCCNC(=O)Cc1ccc(F)cc1.I. The first-order valence-corrected chi connectivity index (χ1v) is 10.2. The fourth-order valence-corrected chi connectivity index (χ4v) is 3.01. The minimum Gasteiger partial charge on any atom is -0.388 e. The largest absolute Gasteiger partial charge is 0.388 e. The lowest BCUT2D eigenvalue weighted by atomic mass is 9.93. The van der Waals surface area contributed by atoms with E-state index in [9.17, 15) is 14.3 Å². The number of amides is 1. The summed E-state index contributed by atoms with van der Waals surface area (Å²) in [6.07, 6.45) is 3.49. The second-order valence-corrected chi connectivity index (χ2v) is 7.00. The van der Waals surface area contributed by atoms with Crippen molar-refractivity contribution in [2.24, 2.45) is 4.99 Å². The molecule has 0 fully saturated rings. The van der Waals surface area contributed by atoms with Crippen molar-refractivity contribution in [1.82, 2.24) is 16.0 Å². The molecule has 0 heterocycles. The zero-order valence-electron chi connectivity index (χ0n) is 17.8. The summed E-state index contributed by atoms with van der Waals surface area (Å²) >= 11 is 0. The molecule has 1 rings (SSSR count). The number of carbonyl (C=O) groups is 1. The number of aliphatic hydroxyl groups is 1. The Hall–Kier alpha value is -1.42. The van der Waals surface area contributed by atoms with Gasteiger partial charge in [0.25, 0.3) is 0 Å². The first kappa shape index (κ1) is 27.6. The minimum atomic E-state index is -0.769. The average Bonchev–Trinajstić information content (AvgIpc) is 2.65. The van der Waals surface area contributed by atoms with E-state index >= 15 is 0 Å². The molecule has 0 unspecified atom stereocenters. The molecule has 0 aliphatic heterocycles. The number of halogens is 2. The molecule has 8 heteroatoms. The molecule has 0 aliphatic rings. The van der Waals surface area contributed by atoms with E-state index < -0.39 is 5.60 Å². The van der Waals surface area contributed by atoms with Gasteiger partial charge in [0.1, 0.15) is 5.82 Å². The molecule has 166 valence electrons. The molecule has 0 radical (unpaired) electrons. The summed E-state index contributed by atoms with van der Waals surface area (Å²) in [7, 11) is 0. The number of nitrogens with zero attached hydrogens (tertiary/aromatic N) is 1. The molecule has 0 spiro atoms. The summed E-state index contributed by atoms with van der Waals surface area (Å²) in [4.78, 5) is 16.5. The van der Waals surface area contributed by atoms with Gasteiger partial charge in [-0.3, -0.25) is 9.79 Å². The third kappa shape index (κ3) is 12.0. The van der Waals surface area contributed by atoms with Gasteiger partial charge in [0.05, 0.1) is 18.6 Å². The lowest BCUT2D eigenvalue weighted by Gasteiger charge is -2.26. The van der Waals surface area contributed by atoms with Crippen LogP contribution in [0.15, 0.2) is 29.3 Å². The number of guanidine groups is 1. The molecule has 1 amide bonds. The fourth-order valence-electron chi connectivity index (χ4n) is 3.01. The highest BCUT2D eigenvalue weighted by atomic mass is 127. The third-order valence-corrected chi connectivity index (χ3v) is 4.32. The van der Waals surface area contributed by atoms with Crippen molar-refractivity contribution in [3.05, 3.63) is 35.6 Å². The monoisotopic (exact) mass is 522 g/mol. The predicted molar refractivity (Wildman–Crippen MR) is 127 cm³/mol. The van der Waals surface area contributed by atoms with E-state index in [4.69, 9.17) is 0 Å². The quantitative estimate of drug-likeness (QED) is 0.147. The minimum absolute atomic E-state index is 0. The number of aliphatic imine (C=N–C) groups is 1. The van der Waals surface area contributed by atoms with Crippen LogP contribution >= 0.6 is 24.0 Å². The second kappa shape index (κ2) is 15.4. The van der Waals surface area contributed by atoms with Gasteiger partial charge in [0.2, 0.25) is 5.91 Å². The molecule has 0 bridgehead atoms. The molecule has 0 aromatic heterocycles. The number of rotatable bonds is 12. The molecule has 4 N–H and O–H groups in total. The Kier molecular flexibility index (Phi) is 14.7. The summed E-state index contributed by atoms with van der Waals surface area (Å²) in [5, 5.41) is 19.8. The van der Waals surface area contributed by atoms with E-state index in [1.165, 1.54) is 12.1 Å². The van der Waals surface area contributed by atoms with Crippen LogP contribution in [-0.4, -0.2) is 48.8 Å². The lowest BCUT2D eigenvalue weighted by molar-refractivity contribution is -0.120. The molecule has 6 nitrogen and oxygen atoms in total. The van der Waals surface area contributed by atoms with Crippen molar-refractivity contribution in [3.63, 3.8) is 0 Å². The van der Waals surface area contributed by atoms with Crippen molar-refractivity contribution in [1.29, 1.82) is 0 Å². The van der Waals surface area contributed by atoms with Crippen LogP contribution in [0.5, 0.6) is 0 Å². The Morgan fingerprint density at radius 1 is 1.03 bits per heavy atom. The maximum absolute atomic E-state index is 12.9. The summed E-state index contributed by atoms with van der Waals surface area (Å²) in [5.74, 6) is 0.199. The van der Waals surface area contributed by atoms with Crippen LogP contribution in [-0.2, 0) is 11.2 Å². The van der Waals surface area contributed by atoms with Crippen molar-refractivity contribution in [2.45, 2.75) is 58.5 Å². The highest BCUT2D eigenvalue weighted by Gasteiger charge is 2.24. The number of hydrogen-bond acceptors (Lipinski definition) is 3. The van der Waals surface area contributed by atoms with Crippen LogP contribution in [0, 0.1) is 5.82 Å². The van der Waals surface area contributed by atoms with Gasteiger partial charge in [-0.1, -0.05) is 38.8 Å². The van der Waals surface area contributed by atoms with Gasteiger partial charge >= 0.3 is 0 Å². The number of carbonyl (C=O) groups excluding carboxylic acids is 1. The lowest BCUT2D eigenvalue weighted by Crippen LogP contribution is -2.43. The van der Waals surface area contributed by atoms with Crippen LogP contribution in [0.25, 0.3) is 0 Å². The van der Waals surface area contributed by atoms with Gasteiger partial charge in [-0.15, -0.1) is 24.0 Å². The van der Waals surface area contributed by atoms with Crippen molar-refractivity contribution in [2.75, 3.05) is 26.2 Å². The number of nitrogens with one attached hydrogen (secondary N) is 3. The van der Waals surface area contributed by atoms with Crippen LogP contribution < -0.4 is 16.0 Å². The molecular formula is C21H36FIN4O2. The Balaban J connectivity index is 0.00000784. The molecule has 29 heavy (non-hydrogen) atoms. The summed E-state index contributed by atoms with van der Waals surface area (Å²) in [5.41, 5.74) is 0.00257. The highest BCUT2D eigenvalue weighted by Crippen LogP contribution is 2.19. The summed E-state index contributed by atoms with van der Waals surface area (Å²) in [6.45, 7) is 8.11. The molecule has 0 saturated heterocycles. The van der Waals surface area contributed by atoms with Gasteiger partial charge < -0.3 is 21.1 Å². The molecule has 1 aromatic rings. The molecule has 1 aromatic carbocycles. The zero-order valence-corrected chi connectivity index (χ0v) is 20.1. The van der Waals surface area contributed by atoms with Crippen LogP contribution in [0.2, 0.25) is 0 Å². The average molecular weight is 522 g/mol. The maximum Gasteiger partial charge on any atom is 0.224 e. The first-order chi connectivity index (χ1) is 13.4. The van der Waals surface area contributed by atoms with Crippen molar-refractivity contribution in [3.8, 4) is 0 Å². The van der Waals surface area contributed by atoms with Gasteiger partial charge in [-0.05, 0) is 37.5 Å². The highest BCUT2D eigenvalue weighted by molar-refractivity contribution is 14.0. The van der Waals surface area contributed by atoms with Crippen molar-refractivity contribution >= 4 is 35.8 Å². The standard InChI is InChI=1S/C21H35FN4O2.HI/c1-4-11-21(28,12-5-2)16-26-20(23-6-3)25-14-13-24-19(27)15-17-7-9-18(22)10-8-17;/h7-10,28H,4-6,11-16H2,1-3H3,(H,24,27)(H2,23,25,26);1H. The van der Waals surface area contributed by atoms with Gasteiger partial charge in [-0.25, -0.2) is 4.39 Å². The second-order valence-electron chi connectivity index (χ2n) is 7.00. The zero-order chi connectivity index (χ0) is 20.8. The summed E-state index contributed by atoms with van der Waals surface area (Å²) in [6, 6.07) is 5.91. The fraction of sp³-hybridized carbons (Fsp3) is 0.619. The Bertz CT molecular complexity index is 605. The topological polar surface area (TPSA) is 85.8 Å². The molecular weight excluding hydrogens is 486 g/mol. The third-order valence-electron chi connectivity index (χ3n) is 4.32. The number of hydrogen-bond donors (Lipinski definition) is 4. The smallest absolute Gasteiger partial charge is 0.224 e. The van der Waals surface area contributed by atoms with E-state index in [0.717, 1.165) is 31.2 Å². The maximum atomic E-state index is 12.9. The van der Waals surface area contributed by atoms with Crippen LogP contribution in [0.1, 0.15) is 52.0 Å². The number of benzene rings is 1. The Morgan fingerprint density at radius 2 is 1.62 bits per heavy atom. The Labute approximate surface area is 191 Å². The Morgan fingerprint density at radius 3 is 2.17 bits per heavy atom. The molecule has 0 aliphatic carbocycles. The van der Waals surface area contributed by atoms with Gasteiger partial charge in [0.15, 0.2) is 5.96 Å². The van der Waals surface area contributed by atoms with Gasteiger partial charge in [-0.2, -0.15) is 0 Å². The van der Waals surface area contributed by atoms with Gasteiger partial charge in [0, 0.05) is 19.6 Å². The summed E-state index contributed by atoms with van der Waals surface area (Å²) < 4.78 is 12.9. The van der Waals surface area contributed by atoms with E-state index in [-0.39, 0.29) is 42.1 Å². The van der Waals surface area contributed by atoms with E-state index in [0.29, 0.717) is 32.1 Å². The van der Waals surface area contributed by atoms with Crippen molar-refractivity contribution < 1.29 is 14.3 Å². The normalized spacial score (nSPS) is 11.6. The van der Waals surface area contributed by atoms with E-state index in [1.54, 1.807) is 12.1 Å². The van der Waals surface area contributed by atoms with Crippen LogP contribution in [0.4, 0.5) is 4.39 Å². The molecule has 0 atom stereocenters.